The van der Waals surface area contributed by atoms with Crippen molar-refractivity contribution < 1.29 is 4.79 Å². The summed E-state index contributed by atoms with van der Waals surface area (Å²) < 4.78 is 0. The van der Waals surface area contributed by atoms with Crippen molar-refractivity contribution in [2.45, 2.75) is 72.1 Å². The van der Waals surface area contributed by atoms with E-state index in [1.807, 2.05) is 18.2 Å². The maximum absolute atomic E-state index is 13.1. The van der Waals surface area contributed by atoms with Crippen LogP contribution in [-0.2, 0) is 4.79 Å². The van der Waals surface area contributed by atoms with E-state index in [0.29, 0.717) is 5.92 Å². The molecule has 0 spiro atoms. The van der Waals surface area contributed by atoms with Crippen LogP contribution in [-0.4, -0.2) is 5.91 Å². The molecule has 0 saturated heterocycles. The number of rotatable bonds is 6. The van der Waals surface area contributed by atoms with Crippen molar-refractivity contribution >= 4 is 11.6 Å². The predicted octanol–water partition coefficient (Wildman–Crippen LogP) is 5.71. The second kappa shape index (κ2) is 7.80. The smallest absolute Gasteiger partial charge is 0.230 e. The van der Waals surface area contributed by atoms with Crippen LogP contribution in [0.2, 0.25) is 0 Å². The molecule has 0 aromatic heterocycles. The van der Waals surface area contributed by atoms with Crippen LogP contribution in [0, 0.1) is 18.3 Å². The molecule has 0 heterocycles. The van der Waals surface area contributed by atoms with Gasteiger partial charge in [-0.05, 0) is 43.7 Å². The minimum atomic E-state index is -0.142. The number of anilines is 1. The van der Waals surface area contributed by atoms with E-state index in [4.69, 9.17) is 0 Å². The number of hydrogen-bond donors (Lipinski definition) is 1. The summed E-state index contributed by atoms with van der Waals surface area (Å²) >= 11 is 0. The standard InChI is InChI=1S/C20H31NO/c1-4-17(5-2)15-20(13-9-6-10-14-20)19(22)21-18-12-8-7-11-16(18)3/h7-8,11-12,17H,4-6,9-10,13-15H2,1-3H3,(H,21,22). The molecule has 1 saturated carbocycles. The number of para-hydroxylation sites is 1. The molecule has 122 valence electrons. The van der Waals surface area contributed by atoms with E-state index in [-0.39, 0.29) is 11.3 Å². The van der Waals surface area contributed by atoms with Gasteiger partial charge in [0.05, 0.1) is 0 Å². The summed E-state index contributed by atoms with van der Waals surface area (Å²) in [5.41, 5.74) is 1.98. The van der Waals surface area contributed by atoms with Crippen LogP contribution in [0.4, 0.5) is 5.69 Å². The Kier molecular flexibility index (Phi) is 6.05. The average molecular weight is 301 g/mol. The lowest BCUT2D eigenvalue weighted by Gasteiger charge is -2.38. The first-order valence-corrected chi connectivity index (χ1v) is 8.98. The van der Waals surface area contributed by atoms with Gasteiger partial charge < -0.3 is 5.32 Å². The Morgan fingerprint density at radius 1 is 1.14 bits per heavy atom. The third-order valence-corrected chi connectivity index (χ3v) is 5.52. The molecule has 1 N–H and O–H groups in total. The molecule has 22 heavy (non-hydrogen) atoms. The van der Waals surface area contributed by atoms with E-state index in [2.05, 4.69) is 32.2 Å². The second-order valence-corrected chi connectivity index (χ2v) is 7.00. The van der Waals surface area contributed by atoms with Crippen molar-refractivity contribution in [3.8, 4) is 0 Å². The van der Waals surface area contributed by atoms with Gasteiger partial charge in [-0.1, -0.05) is 64.2 Å². The molecule has 1 amide bonds. The van der Waals surface area contributed by atoms with Crippen LogP contribution >= 0.6 is 0 Å². The SMILES string of the molecule is CCC(CC)CC1(C(=O)Nc2ccccc2C)CCCCC1. The van der Waals surface area contributed by atoms with Crippen molar-refractivity contribution in [3.63, 3.8) is 0 Å². The van der Waals surface area contributed by atoms with E-state index >= 15 is 0 Å². The topological polar surface area (TPSA) is 29.1 Å². The molecule has 0 aliphatic heterocycles. The Labute approximate surface area is 135 Å². The Morgan fingerprint density at radius 2 is 1.77 bits per heavy atom. The fourth-order valence-corrected chi connectivity index (χ4v) is 3.85. The molecule has 1 fully saturated rings. The molecule has 2 heteroatoms. The second-order valence-electron chi connectivity index (χ2n) is 7.00. The Morgan fingerprint density at radius 3 is 2.36 bits per heavy atom. The molecule has 0 unspecified atom stereocenters. The predicted molar refractivity (Wildman–Crippen MR) is 94.0 cm³/mol. The summed E-state index contributed by atoms with van der Waals surface area (Å²) in [7, 11) is 0. The number of amides is 1. The van der Waals surface area contributed by atoms with Crippen LogP contribution in [0.25, 0.3) is 0 Å². The fourth-order valence-electron chi connectivity index (χ4n) is 3.85. The van der Waals surface area contributed by atoms with Gasteiger partial charge in [-0.15, -0.1) is 0 Å². The molecular formula is C20H31NO. The van der Waals surface area contributed by atoms with Gasteiger partial charge in [-0.25, -0.2) is 0 Å². The van der Waals surface area contributed by atoms with Crippen LogP contribution in [0.1, 0.15) is 70.8 Å². The van der Waals surface area contributed by atoms with Crippen LogP contribution < -0.4 is 5.32 Å². The summed E-state index contributed by atoms with van der Waals surface area (Å²) in [5.74, 6) is 0.925. The summed E-state index contributed by atoms with van der Waals surface area (Å²) in [6, 6.07) is 8.09. The van der Waals surface area contributed by atoms with Gasteiger partial charge >= 0.3 is 0 Å². The van der Waals surface area contributed by atoms with Crippen molar-refractivity contribution in [2.24, 2.45) is 11.3 Å². The monoisotopic (exact) mass is 301 g/mol. The van der Waals surface area contributed by atoms with Crippen molar-refractivity contribution in [1.82, 2.24) is 0 Å². The zero-order valence-electron chi connectivity index (χ0n) is 14.5. The van der Waals surface area contributed by atoms with Gasteiger partial charge in [-0.3, -0.25) is 4.79 Å². The summed E-state index contributed by atoms with van der Waals surface area (Å²) in [6.07, 6.45) is 9.19. The summed E-state index contributed by atoms with van der Waals surface area (Å²) in [6.45, 7) is 6.57. The summed E-state index contributed by atoms with van der Waals surface area (Å²) in [4.78, 5) is 13.1. The fraction of sp³-hybridized carbons (Fsp3) is 0.650. The van der Waals surface area contributed by atoms with E-state index < -0.39 is 0 Å². The number of benzene rings is 1. The minimum Gasteiger partial charge on any atom is -0.325 e. The first-order chi connectivity index (χ1) is 10.6. The van der Waals surface area contributed by atoms with Crippen LogP contribution in [0.15, 0.2) is 24.3 Å². The molecule has 0 bridgehead atoms. The number of nitrogens with one attached hydrogen (secondary N) is 1. The molecule has 0 radical (unpaired) electrons. The van der Waals surface area contributed by atoms with Crippen LogP contribution in [0.5, 0.6) is 0 Å². The molecule has 1 aromatic carbocycles. The maximum atomic E-state index is 13.1. The number of carbonyl (C=O) groups excluding carboxylic acids is 1. The summed E-state index contributed by atoms with van der Waals surface area (Å²) in [5, 5.41) is 3.24. The Balaban J connectivity index is 2.17. The Bertz CT molecular complexity index is 484. The highest BCUT2D eigenvalue weighted by Gasteiger charge is 2.40. The lowest BCUT2D eigenvalue weighted by atomic mass is 9.67. The first-order valence-electron chi connectivity index (χ1n) is 8.98. The number of aryl methyl sites for hydroxylation is 1. The quantitative estimate of drug-likeness (QED) is 0.716. The van der Waals surface area contributed by atoms with Gasteiger partial charge in [0.25, 0.3) is 0 Å². The lowest BCUT2D eigenvalue weighted by Crippen LogP contribution is -2.39. The van der Waals surface area contributed by atoms with Crippen molar-refractivity contribution in [3.05, 3.63) is 29.8 Å². The molecule has 2 rings (SSSR count). The Hall–Kier alpha value is -1.31. The molecule has 1 aliphatic rings. The van der Waals surface area contributed by atoms with Gasteiger partial charge in [-0.2, -0.15) is 0 Å². The molecule has 1 aromatic rings. The number of hydrogen-bond acceptors (Lipinski definition) is 1. The highest BCUT2D eigenvalue weighted by atomic mass is 16.2. The van der Waals surface area contributed by atoms with Gasteiger partial charge in [0.2, 0.25) is 5.91 Å². The molecule has 0 atom stereocenters. The zero-order chi connectivity index (χ0) is 16.0. The normalized spacial score (nSPS) is 17.5. The van der Waals surface area contributed by atoms with E-state index in [1.165, 1.54) is 32.1 Å². The van der Waals surface area contributed by atoms with Crippen molar-refractivity contribution in [2.75, 3.05) is 5.32 Å². The highest BCUT2D eigenvalue weighted by molar-refractivity contribution is 5.96. The highest BCUT2D eigenvalue weighted by Crippen LogP contribution is 2.43. The van der Waals surface area contributed by atoms with Crippen LogP contribution in [0.3, 0.4) is 0 Å². The van der Waals surface area contributed by atoms with Crippen molar-refractivity contribution in [1.29, 1.82) is 0 Å². The molecule has 1 aliphatic carbocycles. The van der Waals surface area contributed by atoms with E-state index in [0.717, 1.165) is 30.5 Å². The first kappa shape index (κ1) is 17.1. The minimum absolute atomic E-state index is 0.142. The average Bonchev–Trinajstić information content (AvgIpc) is 2.55. The van der Waals surface area contributed by atoms with Gasteiger partial charge in [0.1, 0.15) is 0 Å². The van der Waals surface area contributed by atoms with Gasteiger partial charge in [0.15, 0.2) is 0 Å². The largest absolute Gasteiger partial charge is 0.325 e. The van der Waals surface area contributed by atoms with Gasteiger partial charge in [0, 0.05) is 11.1 Å². The molecule has 2 nitrogen and oxygen atoms in total. The van der Waals surface area contributed by atoms with E-state index in [9.17, 15) is 4.79 Å². The third kappa shape index (κ3) is 3.91. The lowest BCUT2D eigenvalue weighted by molar-refractivity contribution is -0.128. The number of carbonyl (C=O) groups is 1. The zero-order valence-corrected chi connectivity index (χ0v) is 14.5. The third-order valence-electron chi connectivity index (χ3n) is 5.52. The van der Waals surface area contributed by atoms with E-state index in [1.54, 1.807) is 0 Å². The maximum Gasteiger partial charge on any atom is 0.230 e. The molecular weight excluding hydrogens is 270 g/mol.